The number of nitrogens with one attached hydrogen (secondary N) is 1. The Morgan fingerprint density at radius 1 is 1.18 bits per heavy atom. The van der Waals surface area contributed by atoms with Crippen LogP contribution in [0.2, 0.25) is 0 Å². The lowest BCUT2D eigenvalue weighted by atomic mass is 9.94. The van der Waals surface area contributed by atoms with Gasteiger partial charge in [0.1, 0.15) is 35.2 Å². The van der Waals surface area contributed by atoms with Gasteiger partial charge < -0.3 is 20.1 Å². The molecule has 4 fully saturated rings. The molecule has 2 N–H and O–H groups in total. The summed E-state index contributed by atoms with van der Waals surface area (Å²) in [6, 6.07) is 6.09. The number of benzene rings is 2. The standard InChI is InChI=1S/C34H31F3N6O2/c1-2-24-27(36)7-4-20-10-23(44)11-25(28(20)24)30-29(37)31-26(14-38-30)32(42-16-21-5-6-22(17-42)39-21)41-33(40-31)45-18-34-8-3-9-43(34)15-19(12-34)13-35/h1,4,7,10-11,13-14,21-22,39,44H,3,5-6,8-9,12,15-18H2/b19-13+/t21-,22+,34-/m0/s1. The highest BCUT2D eigenvalue weighted by molar-refractivity contribution is 6.03. The molecule has 2 bridgehead atoms. The molecular formula is C34H31F3N6O2. The summed E-state index contributed by atoms with van der Waals surface area (Å²) in [7, 11) is 0. The second-order valence-corrected chi connectivity index (χ2v) is 12.7. The SMILES string of the molecule is C#Cc1c(F)ccc2cc(O)cc(-c3ncc4c(N5C[C@H]6CC[C@@H](C5)N6)nc(OC[C@@]56CCCN5C/C(=C/F)C6)nc4c3F)c12. The molecule has 8 nitrogen and oxygen atoms in total. The van der Waals surface area contributed by atoms with Crippen LogP contribution in [0.3, 0.4) is 0 Å². The first-order chi connectivity index (χ1) is 21.9. The second-order valence-electron chi connectivity index (χ2n) is 12.7. The summed E-state index contributed by atoms with van der Waals surface area (Å²) in [6.07, 6.45) is 12.4. The molecule has 0 saturated carbocycles. The molecule has 0 amide bonds. The van der Waals surface area contributed by atoms with Crippen LogP contribution in [0.5, 0.6) is 11.8 Å². The molecule has 3 atom stereocenters. The van der Waals surface area contributed by atoms with Crippen molar-refractivity contribution in [3.05, 3.63) is 59.6 Å². The summed E-state index contributed by atoms with van der Waals surface area (Å²) in [5.41, 5.74) is 0.344. The van der Waals surface area contributed by atoms with Gasteiger partial charge in [0.2, 0.25) is 0 Å². The Bertz CT molecular complexity index is 1930. The Kier molecular flexibility index (Phi) is 6.62. The Morgan fingerprint density at radius 2 is 2.00 bits per heavy atom. The number of anilines is 1. The van der Waals surface area contributed by atoms with Gasteiger partial charge in [0.05, 0.1) is 22.8 Å². The number of hydrogen-bond donors (Lipinski definition) is 2. The fraction of sp³-hybridized carbons (Fsp3) is 0.382. The highest BCUT2D eigenvalue weighted by Crippen LogP contribution is 2.43. The molecular weight excluding hydrogens is 581 g/mol. The molecule has 0 unspecified atom stereocenters. The molecule has 11 heteroatoms. The molecule has 230 valence electrons. The lowest BCUT2D eigenvalue weighted by Crippen LogP contribution is -2.51. The van der Waals surface area contributed by atoms with Crippen molar-refractivity contribution < 1.29 is 23.0 Å². The van der Waals surface area contributed by atoms with Gasteiger partial charge in [-0.1, -0.05) is 12.0 Å². The van der Waals surface area contributed by atoms with E-state index in [0.29, 0.717) is 61.1 Å². The average molecular weight is 613 g/mol. The maximum atomic E-state index is 16.8. The summed E-state index contributed by atoms with van der Waals surface area (Å²) >= 11 is 0. The molecule has 8 rings (SSSR count). The zero-order valence-corrected chi connectivity index (χ0v) is 24.5. The third kappa shape index (κ3) is 4.58. The highest BCUT2D eigenvalue weighted by atomic mass is 19.1. The van der Waals surface area contributed by atoms with E-state index in [9.17, 15) is 13.9 Å². The van der Waals surface area contributed by atoms with Crippen molar-refractivity contribution in [1.82, 2.24) is 25.2 Å². The van der Waals surface area contributed by atoms with Crippen LogP contribution in [-0.2, 0) is 0 Å². The maximum absolute atomic E-state index is 16.8. The monoisotopic (exact) mass is 612 g/mol. The van der Waals surface area contributed by atoms with Crippen LogP contribution in [0.4, 0.5) is 19.0 Å². The quantitative estimate of drug-likeness (QED) is 0.297. The van der Waals surface area contributed by atoms with E-state index in [2.05, 4.69) is 31.0 Å². The van der Waals surface area contributed by atoms with Gasteiger partial charge in [0.15, 0.2) is 5.82 Å². The third-order valence-corrected chi connectivity index (χ3v) is 9.93. The van der Waals surface area contributed by atoms with Crippen LogP contribution < -0.4 is 15.0 Å². The Labute approximate surface area is 257 Å². The maximum Gasteiger partial charge on any atom is 0.319 e. The number of aromatic hydroxyl groups is 1. The van der Waals surface area contributed by atoms with E-state index in [1.54, 1.807) is 0 Å². The molecule has 2 aromatic carbocycles. The van der Waals surface area contributed by atoms with E-state index in [-0.39, 0.29) is 51.6 Å². The molecule has 0 aliphatic carbocycles. The van der Waals surface area contributed by atoms with E-state index < -0.39 is 11.6 Å². The number of hydrogen-bond acceptors (Lipinski definition) is 8. The lowest BCUT2D eigenvalue weighted by molar-refractivity contribution is 0.108. The fourth-order valence-corrected chi connectivity index (χ4v) is 7.89. The van der Waals surface area contributed by atoms with Crippen LogP contribution in [0.25, 0.3) is 32.9 Å². The number of pyridine rings is 1. The van der Waals surface area contributed by atoms with Crippen molar-refractivity contribution >= 4 is 27.5 Å². The number of fused-ring (bicyclic) bond motifs is 5. The van der Waals surface area contributed by atoms with E-state index in [1.807, 2.05) is 0 Å². The van der Waals surface area contributed by atoms with E-state index in [1.165, 1.54) is 30.5 Å². The van der Waals surface area contributed by atoms with Crippen molar-refractivity contribution in [2.24, 2.45) is 0 Å². The number of aromatic nitrogens is 3. The number of rotatable bonds is 5. The first kappa shape index (κ1) is 28.1. The number of piperazine rings is 1. The van der Waals surface area contributed by atoms with E-state index in [4.69, 9.17) is 16.1 Å². The van der Waals surface area contributed by atoms with Gasteiger partial charge in [0, 0.05) is 48.9 Å². The highest BCUT2D eigenvalue weighted by Gasteiger charge is 2.47. The minimum atomic E-state index is -0.762. The van der Waals surface area contributed by atoms with Crippen molar-refractivity contribution in [2.45, 2.75) is 49.7 Å². The number of halogens is 3. The molecule has 4 aromatic rings. The largest absolute Gasteiger partial charge is 0.508 e. The third-order valence-electron chi connectivity index (χ3n) is 9.93. The lowest BCUT2D eigenvalue weighted by Gasteiger charge is -2.34. The van der Waals surface area contributed by atoms with Gasteiger partial charge in [-0.3, -0.25) is 9.88 Å². The van der Waals surface area contributed by atoms with E-state index >= 15 is 4.39 Å². The van der Waals surface area contributed by atoms with Crippen LogP contribution >= 0.6 is 0 Å². The van der Waals surface area contributed by atoms with Crippen molar-refractivity contribution in [3.63, 3.8) is 0 Å². The van der Waals surface area contributed by atoms with Crippen molar-refractivity contribution in [2.75, 3.05) is 37.7 Å². The van der Waals surface area contributed by atoms with Crippen LogP contribution in [0.15, 0.2) is 42.4 Å². The summed E-state index contributed by atoms with van der Waals surface area (Å²) in [5.74, 6) is 1.36. The summed E-state index contributed by atoms with van der Waals surface area (Å²) in [6.45, 7) is 3.04. The number of nitrogens with zero attached hydrogens (tertiary/aromatic N) is 5. The number of terminal acetylenes is 1. The first-order valence-electron chi connectivity index (χ1n) is 15.3. The number of ether oxygens (including phenoxy) is 1. The molecule has 0 radical (unpaired) electrons. The predicted molar refractivity (Wildman–Crippen MR) is 165 cm³/mol. The van der Waals surface area contributed by atoms with Gasteiger partial charge in [0.25, 0.3) is 0 Å². The topological polar surface area (TPSA) is 86.6 Å². The number of phenolic OH excluding ortho intramolecular Hbond substituents is 1. The van der Waals surface area contributed by atoms with Gasteiger partial charge >= 0.3 is 6.01 Å². The molecule has 6 heterocycles. The molecule has 4 aliphatic heterocycles. The summed E-state index contributed by atoms with van der Waals surface area (Å²) < 4.78 is 51.4. The van der Waals surface area contributed by atoms with Crippen LogP contribution in [0, 0.1) is 24.0 Å². The van der Waals surface area contributed by atoms with Gasteiger partial charge in [-0.05, 0) is 67.8 Å². The number of phenols is 1. The zero-order valence-electron chi connectivity index (χ0n) is 24.5. The Morgan fingerprint density at radius 3 is 2.78 bits per heavy atom. The molecule has 0 spiro atoms. The summed E-state index contributed by atoms with van der Waals surface area (Å²) in [4.78, 5) is 18.2. The molecule has 2 aromatic heterocycles. The fourth-order valence-electron chi connectivity index (χ4n) is 7.89. The minimum absolute atomic E-state index is 0.00224. The minimum Gasteiger partial charge on any atom is -0.508 e. The second kappa shape index (κ2) is 10.6. The Hall–Kier alpha value is -4.40. The van der Waals surface area contributed by atoms with Gasteiger partial charge in [-0.15, -0.1) is 6.42 Å². The van der Waals surface area contributed by atoms with Gasteiger partial charge in [-0.25, -0.2) is 13.2 Å². The van der Waals surface area contributed by atoms with Crippen LogP contribution in [-0.4, -0.2) is 75.4 Å². The van der Waals surface area contributed by atoms with Crippen molar-refractivity contribution in [3.8, 4) is 35.4 Å². The van der Waals surface area contributed by atoms with Gasteiger partial charge in [-0.2, -0.15) is 9.97 Å². The average Bonchev–Trinajstić information content (AvgIpc) is 3.71. The molecule has 4 aliphatic rings. The van der Waals surface area contributed by atoms with Crippen molar-refractivity contribution in [1.29, 1.82) is 0 Å². The predicted octanol–water partition coefficient (Wildman–Crippen LogP) is 5.22. The Balaban J connectivity index is 1.27. The van der Waals surface area contributed by atoms with E-state index in [0.717, 1.165) is 37.8 Å². The molecule has 4 saturated heterocycles. The first-order valence-corrected chi connectivity index (χ1v) is 15.3. The normalized spacial score (nSPS) is 25.4. The molecule has 45 heavy (non-hydrogen) atoms. The van der Waals surface area contributed by atoms with Crippen LogP contribution in [0.1, 0.15) is 37.7 Å². The zero-order chi connectivity index (χ0) is 30.9. The summed E-state index contributed by atoms with van der Waals surface area (Å²) in [5, 5.41) is 15.3. The smallest absolute Gasteiger partial charge is 0.319 e.